The highest BCUT2D eigenvalue weighted by Crippen LogP contribution is 2.17. The topological polar surface area (TPSA) is 99.4 Å². The number of hydrogen-bond donors (Lipinski definition) is 2. The first-order valence-electron chi connectivity index (χ1n) is 6.95. The normalized spacial score (nSPS) is 9.87. The van der Waals surface area contributed by atoms with E-state index in [1.54, 1.807) is 24.4 Å². The molecule has 2 N–H and O–H groups in total. The molecule has 0 aliphatic heterocycles. The number of nitrogens with zero attached hydrogens (tertiary/aromatic N) is 5. The zero-order chi connectivity index (χ0) is 15.9. The van der Waals surface area contributed by atoms with E-state index in [1.165, 1.54) is 6.20 Å². The van der Waals surface area contributed by atoms with Gasteiger partial charge in [0, 0.05) is 6.20 Å². The molecule has 7 nitrogen and oxygen atoms in total. The summed E-state index contributed by atoms with van der Waals surface area (Å²) in [6.45, 7) is 0.535. The highest BCUT2D eigenvalue weighted by atomic mass is 15.3. The Morgan fingerprint density at radius 2 is 1.96 bits per heavy atom. The number of aromatic nitrogens is 4. The second kappa shape index (κ2) is 6.95. The molecule has 2 heterocycles. The average Bonchev–Trinajstić information content (AvgIpc) is 2.62. The first-order chi connectivity index (χ1) is 11.3. The Hall–Kier alpha value is -3.53. The lowest BCUT2D eigenvalue weighted by molar-refractivity contribution is 0.955. The molecule has 3 aromatic rings. The van der Waals surface area contributed by atoms with Crippen LogP contribution in [0.2, 0.25) is 0 Å². The zero-order valence-corrected chi connectivity index (χ0v) is 12.1. The van der Waals surface area contributed by atoms with Crippen molar-refractivity contribution in [1.82, 2.24) is 20.2 Å². The molecular formula is C16H13N7. The Balaban J connectivity index is 1.71. The van der Waals surface area contributed by atoms with Crippen molar-refractivity contribution < 1.29 is 0 Å². The van der Waals surface area contributed by atoms with Gasteiger partial charge in [-0.2, -0.15) is 15.3 Å². The lowest BCUT2D eigenvalue weighted by Crippen LogP contribution is -2.06. The monoisotopic (exact) mass is 303 g/mol. The largest absolute Gasteiger partial charge is 0.363 e. The summed E-state index contributed by atoms with van der Waals surface area (Å²) in [7, 11) is 0. The lowest BCUT2D eigenvalue weighted by atomic mass is 10.2. The predicted octanol–water partition coefficient (Wildman–Crippen LogP) is 2.49. The predicted molar refractivity (Wildman–Crippen MR) is 85.8 cm³/mol. The Morgan fingerprint density at radius 3 is 2.78 bits per heavy atom. The van der Waals surface area contributed by atoms with Gasteiger partial charge < -0.3 is 10.6 Å². The zero-order valence-electron chi connectivity index (χ0n) is 12.1. The first kappa shape index (κ1) is 14.4. The van der Waals surface area contributed by atoms with Crippen molar-refractivity contribution in [2.24, 2.45) is 0 Å². The van der Waals surface area contributed by atoms with Gasteiger partial charge in [0.1, 0.15) is 6.07 Å². The van der Waals surface area contributed by atoms with Gasteiger partial charge in [0.25, 0.3) is 0 Å². The molecule has 0 radical (unpaired) electrons. The standard InChI is InChI=1S/C16H13N7/c17-9-12-5-1-2-7-14(12)21-16-22-15(11-20-23-16)19-10-13-6-3-4-8-18-13/h1-8,11H,10H2,(H2,19,21,22,23). The summed E-state index contributed by atoms with van der Waals surface area (Å²) >= 11 is 0. The van der Waals surface area contributed by atoms with Crippen molar-refractivity contribution in [3.8, 4) is 6.07 Å². The minimum absolute atomic E-state index is 0.318. The number of anilines is 3. The van der Waals surface area contributed by atoms with Crippen molar-refractivity contribution in [2.75, 3.05) is 10.6 Å². The van der Waals surface area contributed by atoms with Gasteiger partial charge in [0.05, 0.1) is 29.7 Å². The van der Waals surface area contributed by atoms with Gasteiger partial charge in [-0.25, -0.2) is 0 Å². The fraction of sp³-hybridized carbons (Fsp3) is 0.0625. The number of rotatable bonds is 5. The molecule has 112 valence electrons. The van der Waals surface area contributed by atoms with E-state index in [9.17, 15) is 0 Å². The highest BCUT2D eigenvalue weighted by molar-refractivity contribution is 5.63. The molecule has 0 aliphatic rings. The Morgan fingerprint density at radius 1 is 1.09 bits per heavy atom. The minimum atomic E-state index is 0.318. The summed E-state index contributed by atoms with van der Waals surface area (Å²) in [6, 6.07) is 15.0. The second-order valence-electron chi connectivity index (χ2n) is 4.62. The number of hydrogen-bond acceptors (Lipinski definition) is 7. The maximum Gasteiger partial charge on any atom is 0.249 e. The van der Waals surface area contributed by atoms with E-state index >= 15 is 0 Å². The molecule has 0 spiro atoms. The molecule has 0 unspecified atom stereocenters. The molecule has 0 saturated heterocycles. The van der Waals surface area contributed by atoms with E-state index in [4.69, 9.17) is 5.26 Å². The van der Waals surface area contributed by atoms with E-state index in [2.05, 4.69) is 36.9 Å². The van der Waals surface area contributed by atoms with E-state index in [-0.39, 0.29) is 0 Å². The van der Waals surface area contributed by atoms with Crippen LogP contribution in [0.15, 0.2) is 54.9 Å². The van der Waals surface area contributed by atoms with Crippen LogP contribution in [0.25, 0.3) is 0 Å². The maximum absolute atomic E-state index is 9.10. The van der Waals surface area contributed by atoms with Crippen molar-refractivity contribution in [2.45, 2.75) is 6.54 Å². The van der Waals surface area contributed by atoms with E-state index in [0.717, 1.165) is 5.69 Å². The summed E-state index contributed by atoms with van der Waals surface area (Å²) in [5.41, 5.74) is 2.05. The van der Waals surface area contributed by atoms with Gasteiger partial charge in [-0.05, 0) is 24.3 Å². The molecule has 7 heteroatoms. The third-order valence-corrected chi connectivity index (χ3v) is 3.03. The number of pyridine rings is 1. The van der Waals surface area contributed by atoms with Crippen LogP contribution < -0.4 is 10.6 Å². The molecule has 0 atom stereocenters. The summed E-state index contributed by atoms with van der Waals surface area (Å²) < 4.78 is 0. The third-order valence-electron chi connectivity index (χ3n) is 3.03. The van der Waals surface area contributed by atoms with Gasteiger partial charge in [0.15, 0.2) is 5.82 Å². The smallest absolute Gasteiger partial charge is 0.249 e. The molecule has 0 aliphatic carbocycles. The molecule has 2 aromatic heterocycles. The minimum Gasteiger partial charge on any atom is -0.363 e. The number of nitriles is 1. The van der Waals surface area contributed by atoms with Crippen LogP contribution in [0.4, 0.5) is 17.5 Å². The van der Waals surface area contributed by atoms with Crippen LogP contribution in [0, 0.1) is 11.3 Å². The number of nitrogens with one attached hydrogen (secondary N) is 2. The van der Waals surface area contributed by atoms with E-state index in [0.29, 0.717) is 29.6 Å². The van der Waals surface area contributed by atoms with Crippen LogP contribution >= 0.6 is 0 Å². The highest BCUT2D eigenvalue weighted by Gasteiger charge is 2.05. The first-order valence-corrected chi connectivity index (χ1v) is 6.95. The third kappa shape index (κ3) is 3.77. The van der Waals surface area contributed by atoms with Crippen LogP contribution in [-0.4, -0.2) is 20.2 Å². The van der Waals surface area contributed by atoms with Crippen LogP contribution in [0.1, 0.15) is 11.3 Å². The molecular weight excluding hydrogens is 290 g/mol. The maximum atomic E-state index is 9.10. The Bertz CT molecular complexity index is 827. The SMILES string of the molecule is N#Cc1ccccc1Nc1nncc(NCc2ccccn2)n1. The molecule has 0 fully saturated rings. The summed E-state index contributed by atoms with van der Waals surface area (Å²) in [6.07, 6.45) is 3.27. The van der Waals surface area contributed by atoms with Crippen LogP contribution in [0.3, 0.4) is 0 Å². The fourth-order valence-corrected chi connectivity index (χ4v) is 1.94. The Kier molecular flexibility index (Phi) is 4.36. The van der Waals surface area contributed by atoms with Gasteiger partial charge in [-0.3, -0.25) is 4.98 Å². The number of para-hydroxylation sites is 1. The number of benzene rings is 1. The van der Waals surface area contributed by atoms with Crippen molar-refractivity contribution in [3.63, 3.8) is 0 Å². The lowest BCUT2D eigenvalue weighted by Gasteiger charge is -2.08. The summed E-state index contributed by atoms with van der Waals surface area (Å²) in [5, 5.41) is 23.1. The van der Waals surface area contributed by atoms with E-state index in [1.807, 2.05) is 24.3 Å². The van der Waals surface area contributed by atoms with E-state index < -0.39 is 0 Å². The van der Waals surface area contributed by atoms with Crippen molar-refractivity contribution in [3.05, 3.63) is 66.1 Å². The van der Waals surface area contributed by atoms with Crippen molar-refractivity contribution >= 4 is 17.5 Å². The molecule has 23 heavy (non-hydrogen) atoms. The van der Waals surface area contributed by atoms with Crippen molar-refractivity contribution in [1.29, 1.82) is 5.26 Å². The molecule has 0 saturated carbocycles. The molecule has 0 amide bonds. The second-order valence-corrected chi connectivity index (χ2v) is 4.62. The molecule has 3 rings (SSSR count). The Labute approximate surface area is 133 Å². The van der Waals surface area contributed by atoms with Gasteiger partial charge in [0.2, 0.25) is 5.95 Å². The summed E-state index contributed by atoms with van der Waals surface area (Å²) in [4.78, 5) is 8.55. The average molecular weight is 303 g/mol. The fourth-order valence-electron chi connectivity index (χ4n) is 1.94. The summed E-state index contributed by atoms with van der Waals surface area (Å²) in [5.74, 6) is 0.890. The molecule has 0 bridgehead atoms. The van der Waals surface area contributed by atoms with Gasteiger partial charge >= 0.3 is 0 Å². The molecule has 1 aromatic carbocycles. The van der Waals surface area contributed by atoms with Gasteiger partial charge in [-0.15, -0.1) is 5.10 Å². The van der Waals surface area contributed by atoms with Gasteiger partial charge in [-0.1, -0.05) is 18.2 Å². The quantitative estimate of drug-likeness (QED) is 0.747. The van der Waals surface area contributed by atoms with Crippen LogP contribution in [-0.2, 0) is 6.54 Å². The van der Waals surface area contributed by atoms with Crippen LogP contribution in [0.5, 0.6) is 0 Å².